The quantitative estimate of drug-likeness (QED) is 0.680. The summed E-state index contributed by atoms with van der Waals surface area (Å²) in [7, 11) is 0. The van der Waals surface area contributed by atoms with E-state index in [1.807, 2.05) is 49.4 Å². The molecule has 0 spiro atoms. The predicted octanol–water partition coefficient (Wildman–Crippen LogP) is 3.71. The SMILES string of the molecule is Cc1ccc(-c2cnc(-c3ccccc3)nc2)o1. The van der Waals surface area contributed by atoms with Crippen molar-refractivity contribution in [3.8, 4) is 22.7 Å². The first-order valence-electron chi connectivity index (χ1n) is 5.77. The summed E-state index contributed by atoms with van der Waals surface area (Å²) in [6.07, 6.45) is 3.57. The molecule has 3 rings (SSSR count). The van der Waals surface area contributed by atoms with E-state index < -0.39 is 0 Å². The van der Waals surface area contributed by atoms with Crippen molar-refractivity contribution in [3.05, 3.63) is 60.6 Å². The Hall–Kier alpha value is -2.42. The second-order valence-corrected chi connectivity index (χ2v) is 4.07. The molecule has 0 unspecified atom stereocenters. The Morgan fingerprint density at radius 2 is 1.56 bits per heavy atom. The van der Waals surface area contributed by atoms with Gasteiger partial charge in [-0.2, -0.15) is 0 Å². The molecule has 2 aromatic heterocycles. The average molecular weight is 236 g/mol. The zero-order valence-electron chi connectivity index (χ0n) is 10.00. The Labute approximate surface area is 105 Å². The Kier molecular flexibility index (Phi) is 2.65. The molecule has 0 atom stereocenters. The van der Waals surface area contributed by atoms with E-state index in [9.17, 15) is 0 Å². The topological polar surface area (TPSA) is 38.9 Å². The maximum absolute atomic E-state index is 5.54. The summed E-state index contributed by atoms with van der Waals surface area (Å²) >= 11 is 0. The minimum atomic E-state index is 0.725. The van der Waals surface area contributed by atoms with Crippen molar-refractivity contribution in [2.45, 2.75) is 6.92 Å². The van der Waals surface area contributed by atoms with Crippen molar-refractivity contribution in [2.24, 2.45) is 0 Å². The van der Waals surface area contributed by atoms with Crippen molar-refractivity contribution in [1.82, 2.24) is 9.97 Å². The fourth-order valence-electron chi connectivity index (χ4n) is 1.78. The van der Waals surface area contributed by atoms with Crippen LogP contribution >= 0.6 is 0 Å². The molecule has 3 aromatic rings. The van der Waals surface area contributed by atoms with Gasteiger partial charge < -0.3 is 4.42 Å². The van der Waals surface area contributed by atoms with Crippen LogP contribution in [-0.2, 0) is 0 Å². The number of furan rings is 1. The molecule has 0 fully saturated rings. The summed E-state index contributed by atoms with van der Waals surface area (Å²) in [6.45, 7) is 1.92. The Morgan fingerprint density at radius 3 is 2.17 bits per heavy atom. The van der Waals surface area contributed by atoms with Gasteiger partial charge in [0.2, 0.25) is 0 Å². The van der Waals surface area contributed by atoms with Gasteiger partial charge in [-0.25, -0.2) is 9.97 Å². The molecule has 0 aliphatic carbocycles. The Morgan fingerprint density at radius 1 is 0.833 bits per heavy atom. The lowest BCUT2D eigenvalue weighted by Crippen LogP contribution is -1.88. The maximum Gasteiger partial charge on any atom is 0.159 e. The minimum Gasteiger partial charge on any atom is -0.461 e. The summed E-state index contributed by atoms with van der Waals surface area (Å²) in [6, 6.07) is 13.8. The van der Waals surface area contributed by atoms with E-state index in [2.05, 4.69) is 9.97 Å². The van der Waals surface area contributed by atoms with Crippen LogP contribution in [0.3, 0.4) is 0 Å². The molecule has 1 aromatic carbocycles. The number of nitrogens with zero attached hydrogens (tertiary/aromatic N) is 2. The molecular weight excluding hydrogens is 224 g/mol. The van der Waals surface area contributed by atoms with Crippen LogP contribution in [0.1, 0.15) is 5.76 Å². The number of hydrogen-bond donors (Lipinski definition) is 0. The molecular formula is C15H12N2O. The molecule has 0 N–H and O–H groups in total. The average Bonchev–Trinajstić information content (AvgIpc) is 2.87. The van der Waals surface area contributed by atoms with Gasteiger partial charge in [-0.1, -0.05) is 30.3 Å². The van der Waals surface area contributed by atoms with E-state index in [0.29, 0.717) is 0 Å². The number of benzene rings is 1. The minimum absolute atomic E-state index is 0.725. The third-order valence-corrected chi connectivity index (χ3v) is 2.71. The monoisotopic (exact) mass is 236 g/mol. The van der Waals surface area contributed by atoms with Gasteiger partial charge in [0, 0.05) is 18.0 Å². The van der Waals surface area contributed by atoms with E-state index >= 15 is 0 Å². The van der Waals surface area contributed by atoms with Crippen molar-refractivity contribution >= 4 is 0 Å². The molecule has 0 saturated carbocycles. The smallest absolute Gasteiger partial charge is 0.159 e. The van der Waals surface area contributed by atoms with Gasteiger partial charge in [-0.3, -0.25) is 0 Å². The highest BCUT2D eigenvalue weighted by Crippen LogP contribution is 2.22. The van der Waals surface area contributed by atoms with Crippen LogP contribution in [-0.4, -0.2) is 9.97 Å². The molecule has 2 heterocycles. The number of hydrogen-bond acceptors (Lipinski definition) is 3. The maximum atomic E-state index is 5.54. The van der Waals surface area contributed by atoms with Crippen LogP contribution in [0, 0.1) is 6.92 Å². The van der Waals surface area contributed by atoms with Gasteiger partial charge >= 0.3 is 0 Å². The first kappa shape index (κ1) is 10.7. The summed E-state index contributed by atoms with van der Waals surface area (Å²) in [5.74, 6) is 2.41. The lowest BCUT2D eigenvalue weighted by molar-refractivity contribution is 0.548. The van der Waals surface area contributed by atoms with Crippen molar-refractivity contribution in [1.29, 1.82) is 0 Å². The highest BCUT2D eigenvalue weighted by atomic mass is 16.3. The Bertz CT molecular complexity index is 642. The van der Waals surface area contributed by atoms with Crippen LogP contribution in [0.4, 0.5) is 0 Å². The number of aryl methyl sites for hydroxylation is 1. The van der Waals surface area contributed by atoms with Crippen LogP contribution in [0.15, 0.2) is 59.3 Å². The van der Waals surface area contributed by atoms with Gasteiger partial charge in [0.15, 0.2) is 5.82 Å². The number of aromatic nitrogens is 2. The summed E-state index contributed by atoms with van der Waals surface area (Å²) < 4.78 is 5.54. The normalized spacial score (nSPS) is 10.5. The molecule has 88 valence electrons. The molecule has 18 heavy (non-hydrogen) atoms. The third kappa shape index (κ3) is 2.02. The second-order valence-electron chi connectivity index (χ2n) is 4.07. The third-order valence-electron chi connectivity index (χ3n) is 2.71. The lowest BCUT2D eigenvalue weighted by atomic mass is 10.2. The Balaban J connectivity index is 1.94. The fourth-order valence-corrected chi connectivity index (χ4v) is 1.78. The van der Waals surface area contributed by atoms with E-state index in [4.69, 9.17) is 4.42 Å². The predicted molar refractivity (Wildman–Crippen MR) is 69.9 cm³/mol. The zero-order chi connectivity index (χ0) is 12.4. The summed E-state index contributed by atoms with van der Waals surface area (Å²) in [4.78, 5) is 8.73. The highest BCUT2D eigenvalue weighted by Gasteiger charge is 2.05. The second kappa shape index (κ2) is 4.45. The van der Waals surface area contributed by atoms with Crippen LogP contribution < -0.4 is 0 Å². The van der Waals surface area contributed by atoms with Gasteiger partial charge in [-0.15, -0.1) is 0 Å². The molecule has 0 aliphatic heterocycles. The van der Waals surface area contributed by atoms with Crippen molar-refractivity contribution < 1.29 is 4.42 Å². The lowest BCUT2D eigenvalue weighted by Gasteiger charge is -2.00. The molecule has 0 amide bonds. The van der Waals surface area contributed by atoms with E-state index in [0.717, 1.165) is 28.5 Å². The van der Waals surface area contributed by atoms with E-state index in [1.165, 1.54) is 0 Å². The molecule has 0 aliphatic rings. The molecule has 0 radical (unpaired) electrons. The largest absolute Gasteiger partial charge is 0.461 e. The first-order chi connectivity index (χ1) is 8.83. The molecule has 3 nitrogen and oxygen atoms in total. The van der Waals surface area contributed by atoms with E-state index in [-0.39, 0.29) is 0 Å². The van der Waals surface area contributed by atoms with Gasteiger partial charge in [-0.05, 0) is 19.1 Å². The fraction of sp³-hybridized carbons (Fsp3) is 0.0667. The standard InChI is InChI=1S/C15H12N2O/c1-11-7-8-14(18-11)13-9-16-15(17-10-13)12-5-3-2-4-6-12/h2-10H,1H3. The van der Waals surface area contributed by atoms with Crippen molar-refractivity contribution in [3.63, 3.8) is 0 Å². The van der Waals surface area contributed by atoms with Crippen LogP contribution in [0.25, 0.3) is 22.7 Å². The highest BCUT2D eigenvalue weighted by molar-refractivity contribution is 5.59. The van der Waals surface area contributed by atoms with Crippen LogP contribution in [0.2, 0.25) is 0 Å². The van der Waals surface area contributed by atoms with Gasteiger partial charge in [0.1, 0.15) is 11.5 Å². The van der Waals surface area contributed by atoms with Gasteiger partial charge in [0.05, 0.1) is 5.56 Å². The first-order valence-corrected chi connectivity index (χ1v) is 5.77. The van der Waals surface area contributed by atoms with Crippen LogP contribution in [0.5, 0.6) is 0 Å². The molecule has 0 saturated heterocycles. The van der Waals surface area contributed by atoms with Gasteiger partial charge in [0.25, 0.3) is 0 Å². The summed E-state index contributed by atoms with van der Waals surface area (Å²) in [5, 5.41) is 0. The molecule has 3 heteroatoms. The zero-order valence-corrected chi connectivity index (χ0v) is 10.00. The van der Waals surface area contributed by atoms with E-state index in [1.54, 1.807) is 12.4 Å². The molecule has 0 bridgehead atoms. The van der Waals surface area contributed by atoms with Crippen molar-refractivity contribution in [2.75, 3.05) is 0 Å². The number of rotatable bonds is 2. The summed E-state index contributed by atoms with van der Waals surface area (Å²) in [5.41, 5.74) is 1.91.